The Morgan fingerprint density at radius 1 is 1.00 bits per heavy atom. The van der Waals surface area contributed by atoms with Crippen molar-refractivity contribution in [3.63, 3.8) is 0 Å². The van der Waals surface area contributed by atoms with Crippen LogP contribution in [0.3, 0.4) is 0 Å². The maximum atomic E-state index is 11.8. The molecule has 10 nitrogen and oxygen atoms in total. The Morgan fingerprint density at radius 2 is 1.68 bits per heavy atom. The van der Waals surface area contributed by atoms with Crippen LogP contribution in [0, 0.1) is 0 Å². The van der Waals surface area contributed by atoms with E-state index in [-0.39, 0.29) is 24.3 Å². The first-order chi connectivity index (χ1) is 13.3. The highest BCUT2D eigenvalue weighted by molar-refractivity contribution is 5.86. The Bertz CT molecular complexity index is 454. The standard InChI is InChI=1S/C18H39N7O3/c1-14(19)9-13-22-10-6-7-11-23-16(27)17(28)25-15(26)8-4-2-3-5-12-24-18(20)21/h14,17,22,28H,2-13,19H2,1H3,(H,23,27)(H,25,26)(H4,20,21,24). The molecule has 28 heavy (non-hydrogen) atoms. The average molecular weight is 402 g/mol. The SMILES string of the molecule is CC(N)CCNCCCCNC(=O)C(O)NC(=O)CCCCCCN=C(N)N. The molecule has 0 aliphatic heterocycles. The summed E-state index contributed by atoms with van der Waals surface area (Å²) in [7, 11) is 0. The van der Waals surface area contributed by atoms with Crippen LogP contribution in [0.4, 0.5) is 0 Å². The summed E-state index contributed by atoms with van der Waals surface area (Å²) in [4.78, 5) is 27.4. The van der Waals surface area contributed by atoms with Crippen molar-refractivity contribution in [3.05, 3.63) is 0 Å². The molecule has 0 bridgehead atoms. The number of aliphatic imine (C=N–C) groups is 1. The number of carbonyl (C=O) groups is 2. The van der Waals surface area contributed by atoms with Crippen molar-refractivity contribution >= 4 is 17.8 Å². The van der Waals surface area contributed by atoms with Crippen LogP contribution in [0.2, 0.25) is 0 Å². The van der Waals surface area contributed by atoms with Gasteiger partial charge in [0.15, 0.2) is 5.96 Å². The molecule has 0 aromatic heterocycles. The quantitative estimate of drug-likeness (QED) is 0.0696. The highest BCUT2D eigenvalue weighted by atomic mass is 16.3. The summed E-state index contributed by atoms with van der Waals surface area (Å²) in [5, 5.41) is 17.9. The largest absolute Gasteiger partial charge is 0.370 e. The number of hydrogen-bond donors (Lipinski definition) is 7. The van der Waals surface area contributed by atoms with Crippen LogP contribution in [-0.2, 0) is 9.59 Å². The average Bonchev–Trinajstić information content (AvgIpc) is 2.62. The first kappa shape index (κ1) is 26.1. The molecule has 0 radical (unpaired) electrons. The van der Waals surface area contributed by atoms with Gasteiger partial charge in [0, 0.05) is 25.6 Å². The number of aliphatic hydroxyl groups is 1. The second-order valence-corrected chi connectivity index (χ2v) is 6.95. The lowest BCUT2D eigenvalue weighted by atomic mass is 10.1. The Hall–Kier alpha value is -1.91. The van der Waals surface area contributed by atoms with Crippen LogP contribution in [0.25, 0.3) is 0 Å². The van der Waals surface area contributed by atoms with Gasteiger partial charge in [-0.1, -0.05) is 12.8 Å². The first-order valence-corrected chi connectivity index (χ1v) is 10.1. The predicted octanol–water partition coefficient (Wildman–Crippen LogP) is -1.13. The van der Waals surface area contributed by atoms with Gasteiger partial charge in [0.2, 0.25) is 12.1 Å². The summed E-state index contributed by atoms with van der Waals surface area (Å²) in [6.45, 7) is 4.74. The van der Waals surface area contributed by atoms with Crippen molar-refractivity contribution in [3.8, 4) is 0 Å². The summed E-state index contributed by atoms with van der Waals surface area (Å²) in [5.74, 6) is -0.846. The number of amides is 2. The van der Waals surface area contributed by atoms with E-state index in [1.807, 2.05) is 6.92 Å². The molecule has 10 N–H and O–H groups in total. The van der Waals surface area contributed by atoms with Crippen LogP contribution >= 0.6 is 0 Å². The molecule has 0 rings (SSSR count). The minimum absolute atomic E-state index is 0.0838. The number of rotatable bonds is 17. The summed E-state index contributed by atoms with van der Waals surface area (Å²) in [6, 6.07) is 0.194. The molecule has 0 saturated carbocycles. The maximum absolute atomic E-state index is 11.8. The maximum Gasteiger partial charge on any atom is 0.269 e. The molecule has 0 aromatic carbocycles. The van der Waals surface area contributed by atoms with Crippen molar-refractivity contribution in [1.82, 2.24) is 16.0 Å². The van der Waals surface area contributed by atoms with Crippen molar-refractivity contribution in [2.75, 3.05) is 26.2 Å². The predicted molar refractivity (Wildman–Crippen MR) is 111 cm³/mol. The van der Waals surface area contributed by atoms with Gasteiger partial charge in [0.1, 0.15) is 0 Å². The fourth-order valence-electron chi connectivity index (χ4n) is 2.39. The molecule has 0 aromatic rings. The van der Waals surface area contributed by atoms with E-state index in [9.17, 15) is 14.7 Å². The Balaban J connectivity index is 3.60. The molecule has 0 fully saturated rings. The number of nitrogens with two attached hydrogens (primary N) is 3. The third-order valence-electron chi connectivity index (χ3n) is 4.01. The Labute approximate surface area is 168 Å². The summed E-state index contributed by atoms with van der Waals surface area (Å²) in [6.07, 6.45) is 4.67. The molecule has 2 unspecified atom stereocenters. The smallest absolute Gasteiger partial charge is 0.269 e. The van der Waals surface area contributed by atoms with Crippen LogP contribution in [0.15, 0.2) is 4.99 Å². The fraction of sp³-hybridized carbons (Fsp3) is 0.833. The zero-order valence-corrected chi connectivity index (χ0v) is 17.1. The van der Waals surface area contributed by atoms with E-state index < -0.39 is 12.1 Å². The van der Waals surface area contributed by atoms with E-state index >= 15 is 0 Å². The highest BCUT2D eigenvalue weighted by Crippen LogP contribution is 2.03. The number of aliphatic hydroxyl groups excluding tert-OH is 1. The molecule has 2 atom stereocenters. The van der Waals surface area contributed by atoms with Crippen molar-refractivity contribution in [2.24, 2.45) is 22.2 Å². The second-order valence-electron chi connectivity index (χ2n) is 6.95. The minimum atomic E-state index is -1.52. The second kappa shape index (κ2) is 17.2. The number of hydrogen-bond acceptors (Lipinski definition) is 6. The van der Waals surface area contributed by atoms with Gasteiger partial charge in [-0.3, -0.25) is 14.6 Å². The van der Waals surface area contributed by atoms with Gasteiger partial charge in [0.25, 0.3) is 5.91 Å². The van der Waals surface area contributed by atoms with Crippen LogP contribution in [0.1, 0.15) is 58.3 Å². The van der Waals surface area contributed by atoms with E-state index in [4.69, 9.17) is 17.2 Å². The molecular weight excluding hydrogens is 362 g/mol. The highest BCUT2D eigenvalue weighted by Gasteiger charge is 2.16. The summed E-state index contributed by atoms with van der Waals surface area (Å²) < 4.78 is 0. The van der Waals surface area contributed by atoms with Gasteiger partial charge in [-0.05, 0) is 52.1 Å². The number of nitrogens with zero attached hydrogens (tertiary/aromatic N) is 1. The number of nitrogens with one attached hydrogen (secondary N) is 3. The molecule has 0 heterocycles. The molecular formula is C18H39N7O3. The van der Waals surface area contributed by atoms with Crippen LogP contribution < -0.4 is 33.2 Å². The first-order valence-electron chi connectivity index (χ1n) is 10.1. The van der Waals surface area contributed by atoms with E-state index in [1.165, 1.54) is 0 Å². The van der Waals surface area contributed by atoms with Crippen LogP contribution in [-0.4, -0.2) is 61.3 Å². The normalized spacial score (nSPS) is 12.8. The van der Waals surface area contributed by atoms with E-state index in [0.29, 0.717) is 19.5 Å². The monoisotopic (exact) mass is 401 g/mol. The molecule has 2 amide bonds. The van der Waals surface area contributed by atoms with Crippen molar-refractivity contribution in [2.45, 2.75) is 70.6 Å². The number of carbonyl (C=O) groups excluding carboxylic acids is 2. The van der Waals surface area contributed by atoms with Gasteiger partial charge in [-0.25, -0.2) is 0 Å². The van der Waals surface area contributed by atoms with Crippen molar-refractivity contribution < 1.29 is 14.7 Å². The molecule has 0 aliphatic rings. The third-order valence-corrected chi connectivity index (χ3v) is 4.01. The molecule has 0 saturated heterocycles. The topological polar surface area (TPSA) is 181 Å². The number of unbranched alkanes of at least 4 members (excludes halogenated alkanes) is 4. The molecule has 164 valence electrons. The van der Waals surface area contributed by atoms with Gasteiger partial charge < -0.3 is 38.3 Å². The van der Waals surface area contributed by atoms with Crippen molar-refractivity contribution in [1.29, 1.82) is 0 Å². The lowest BCUT2D eigenvalue weighted by Crippen LogP contribution is -2.46. The van der Waals surface area contributed by atoms with Gasteiger partial charge >= 0.3 is 0 Å². The summed E-state index contributed by atoms with van der Waals surface area (Å²) in [5.41, 5.74) is 16.1. The zero-order chi connectivity index (χ0) is 21.2. The molecule has 10 heteroatoms. The lowest BCUT2D eigenvalue weighted by molar-refractivity contribution is -0.136. The Morgan fingerprint density at radius 3 is 2.36 bits per heavy atom. The van der Waals surface area contributed by atoms with E-state index in [1.54, 1.807) is 0 Å². The zero-order valence-electron chi connectivity index (χ0n) is 17.1. The van der Waals surface area contributed by atoms with Gasteiger partial charge in [-0.15, -0.1) is 0 Å². The fourth-order valence-corrected chi connectivity index (χ4v) is 2.39. The van der Waals surface area contributed by atoms with Gasteiger partial charge in [0.05, 0.1) is 0 Å². The molecule has 0 spiro atoms. The minimum Gasteiger partial charge on any atom is -0.370 e. The van der Waals surface area contributed by atoms with E-state index in [0.717, 1.165) is 51.6 Å². The molecule has 0 aliphatic carbocycles. The van der Waals surface area contributed by atoms with E-state index in [2.05, 4.69) is 20.9 Å². The lowest BCUT2D eigenvalue weighted by Gasteiger charge is -2.13. The van der Waals surface area contributed by atoms with Gasteiger partial charge in [-0.2, -0.15) is 0 Å². The van der Waals surface area contributed by atoms with Crippen LogP contribution in [0.5, 0.6) is 0 Å². The number of guanidine groups is 1. The Kier molecular flexibility index (Phi) is 16.0. The summed E-state index contributed by atoms with van der Waals surface area (Å²) >= 11 is 0. The third kappa shape index (κ3) is 17.5.